The van der Waals surface area contributed by atoms with E-state index in [2.05, 4.69) is 17.2 Å². The van der Waals surface area contributed by atoms with Crippen LogP contribution < -0.4 is 10.6 Å². The summed E-state index contributed by atoms with van der Waals surface area (Å²) in [5.41, 5.74) is 0. The molecule has 1 aliphatic rings. The van der Waals surface area contributed by atoms with Gasteiger partial charge in [0.25, 0.3) is 0 Å². The van der Waals surface area contributed by atoms with E-state index in [1.807, 2.05) is 11.8 Å². The fraction of sp³-hybridized carbons (Fsp3) is 0.500. The van der Waals surface area contributed by atoms with Gasteiger partial charge in [0.2, 0.25) is 0 Å². The second kappa shape index (κ2) is 2.12. The van der Waals surface area contributed by atoms with Gasteiger partial charge >= 0.3 is 0 Å². The topological polar surface area (TPSA) is 24.1 Å². The summed E-state index contributed by atoms with van der Waals surface area (Å²) in [5, 5.41) is 6.08. The summed E-state index contributed by atoms with van der Waals surface area (Å²) in [7, 11) is 0. The molecule has 0 amide bonds. The van der Waals surface area contributed by atoms with E-state index < -0.39 is 0 Å². The van der Waals surface area contributed by atoms with E-state index in [-0.39, 0.29) is 0 Å². The summed E-state index contributed by atoms with van der Waals surface area (Å²) in [6.07, 6.45) is 0. The van der Waals surface area contributed by atoms with Gasteiger partial charge in [0, 0.05) is 0 Å². The van der Waals surface area contributed by atoms with Crippen molar-refractivity contribution in [2.24, 2.45) is 0 Å². The van der Waals surface area contributed by atoms with Crippen molar-refractivity contribution in [2.45, 2.75) is 0 Å². The molecule has 0 unspecified atom stereocenters. The lowest BCUT2D eigenvalue weighted by molar-refractivity contribution is 0.789. The molecule has 40 valence electrons. The molecule has 0 aromatic carbocycles. The van der Waals surface area contributed by atoms with Gasteiger partial charge in [-0.1, -0.05) is 6.58 Å². The predicted octanol–water partition coefficient (Wildman–Crippen LogP) is 0.299. The Morgan fingerprint density at radius 1 is 1.43 bits per heavy atom. The first-order chi connectivity index (χ1) is 3.39. The highest BCUT2D eigenvalue weighted by atomic mass is 32.2. The molecule has 0 aromatic heterocycles. The lowest BCUT2D eigenvalue weighted by Crippen LogP contribution is -2.30. The van der Waals surface area contributed by atoms with E-state index in [1.54, 1.807) is 0 Å². The summed E-state index contributed by atoms with van der Waals surface area (Å²) >= 11 is 1.82. The maximum Gasteiger partial charge on any atom is 0.0925 e. The number of hydrogen-bond acceptors (Lipinski definition) is 3. The van der Waals surface area contributed by atoms with Crippen molar-refractivity contribution in [2.75, 3.05) is 11.8 Å². The fourth-order valence-electron chi connectivity index (χ4n) is 0.390. The zero-order chi connectivity index (χ0) is 5.11. The fourth-order valence-corrected chi connectivity index (χ4v) is 1.04. The Kier molecular flexibility index (Phi) is 1.46. The average molecular weight is 116 g/mol. The van der Waals surface area contributed by atoms with Crippen molar-refractivity contribution in [1.29, 1.82) is 0 Å². The van der Waals surface area contributed by atoms with Gasteiger partial charge in [-0.25, -0.2) is 0 Å². The predicted molar refractivity (Wildman–Crippen MR) is 32.7 cm³/mol. The van der Waals surface area contributed by atoms with Crippen LogP contribution >= 0.6 is 11.8 Å². The average Bonchev–Trinajstić information content (AvgIpc) is 1.69. The summed E-state index contributed by atoms with van der Waals surface area (Å²) in [5.74, 6) is 2.93. The molecular weight excluding hydrogens is 108 g/mol. The quantitative estimate of drug-likeness (QED) is 0.476. The van der Waals surface area contributed by atoms with E-state index in [0.29, 0.717) is 0 Å². The van der Waals surface area contributed by atoms with Gasteiger partial charge < -0.3 is 10.6 Å². The normalized spacial score (nSPS) is 20.3. The van der Waals surface area contributed by atoms with E-state index in [0.717, 1.165) is 17.6 Å². The minimum Gasteiger partial charge on any atom is -0.363 e. The summed E-state index contributed by atoms with van der Waals surface area (Å²) in [6, 6.07) is 0. The molecule has 0 atom stereocenters. The Bertz CT molecular complexity index is 73.8. The standard InChI is InChI=1S/C4H8N2S/c1-4-5-2-7-3-6-4/h5-6H,1-3H2. The molecule has 2 nitrogen and oxygen atoms in total. The van der Waals surface area contributed by atoms with Crippen LogP contribution in [0.25, 0.3) is 0 Å². The first-order valence-electron chi connectivity index (χ1n) is 2.14. The number of thioether (sulfide) groups is 1. The molecule has 0 bridgehead atoms. The van der Waals surface area contributed by atoms with E-state index >= 15 is 0 Å². The Morgan fingerprint density at radius 2 is 2.00 bits per heavy atom. The maximum atomic E-state index is 3.68. The maximum absolute atomic E-state index is 3.68. The van der Waals surface area contributed by atoms with Crippen LogP contribution in [0.1, 0.15) is 0 Å². The largest absolute Gasteiger partial charge is 0.363 e. The highest BCUT2D eigenvalue weighted by molar-refractivity contribution is 7.99. The third-order valence-corrected chi connectivity index (χ3v) is 1.47. The van der Waals surface area contributed by atoms with Crippen molar-refractivity contribution in [3.63, 3.8) is 0 Å². The van der Waals surface area contributed by atoms with Crippen LogP contribution in [-0.4, -0.2) is 11.8 Å². The lowest BCUT2D eigenvalue weighted by Gasteiger charge is -2.16. The SMILES string of the molecule is C=C1NCSCN1. The van der Waals surface area contributed by atoms with Gasteiger partial charge in [0.1, 0.15) is 0 Å². The van der Waals surface area contributed by atoms with Gasteiger partial charge in [-0.15, -0.1) is 11.8 Å². The first-order valence-corrected chi connectivity index (χ1v) is 3.29. The van der Waals surface area contributed by atoms with Gasteiger partial charge in [-0.2, -0.15) is 0 Å². The Labute approximate surface area is 47.4 Å². The molecule has 3 heteroatoms. The Hall–Kier alpha value is -0.310. The Balaban J connectivity index is 2.25. The van der Waals surface area contributed by atoms with Gasteiger partial charge in [-0.05, 0) is 0 Å². The smallest absolute Gasteiger partial charge is 0.0925 e. The van der Waals surface area contributed by atoms with Crippen LogP contribution in [-0.2, 0) is 0 Å². The van der Waals surface area contributed by atoms with Gasteiger partial charge in [-0.3, -0.25) is 0 Å². The van der Waals surface area contributed by atoms with Crippen LogP contribution in [0.5, 0.6) is 0 Å². The molecule has 1 heterocycles. The van der Waals surface area contributed by atoms with Crippen molar-refractivity contribution in [3.8, 4) is 0 Å². The molecule has 0 saturated carbocycles. The molecule has 1 fully saturated rings. The summed E-state index contributed by atoms with van der Waals surface area (Å²) < 4.78 is 0. The highest BCUT2D eigenvalue weighted by Crippen LogP contribution is 1.99. The van der Waals surface area contributed by atoms with Gasteiger partial charge in [0.15, 0.2) is 0 Å². The monoisotopic (exact) mass is 116 g/mol. The second-order valence-corrected chi connectivity index (χ2v) is 2.31. The van der Waals surface area contributed by atoms with Crippen molar-refractivity contribution in [1.82, 2.24) is 10.6 Å². The molecule has 1 aliphatic heterocycles. The third kappa shape index (κ3) is 1.31. The third-order valence-electron chi connectivity index (χ3n) is 0.775. The molecule has 0 aromatic rings. The zero-order valence-corrected chi connectivity index (χ0v) is 4.85. The minimum absolute atomic E-state index is 0.943. The van der Waals surface area contributed by atoms with Gasteiger partial charge in [0.05, 0.1) is 17.6 Å². The molecular formula is C4H8N2S. The van der Waals surface area contributed by atoms with Crippen LogP contribution in [0.4, 0.5) is 0 Å². The van der Waals surface area contributed by atoms with E-state index in [9.17, 15) is 0 Å². The summed E-state index contributed by atoms with van der Waals surface area (Å²) in [4.78, 5) is 0. The molecule has 1 rings (SSSR count). The van der Waals surface area contributed by atoms with Crippen molar-refractivity contribution >= 4 is 11.8 Å². The first kappa shape index (κ1) is 4.84. The van der Waals surface area contributed by atoms with Crippen LogP contribution in [0, 0.1) is 0 Å². The van der Waals surface area contributed by atoms with Crippen LogP contribution in [0.15, 0.2) is 12.4 Å². The Morgan fingerprint density at radius 3 is 2.29 bits per heavy atom. The number of rotatable bonds is 0. The van der Waals surface area contributed by atoms with Crippen molar-refractivity contribution < 1.29 is 0 Å². The molecule has 0 radical (unpaired) electrons. The van der Waals surface area contributed by atoms with Crippen LogP contribution in [0.3, 0.4) is 0 Å². The van der Waals surface area contributed by atoms with E-state index in [4.69, 9.17) is 0 Å². The summed E-state index contributed by atoms with van der Waals surface area (Å²) in [6.45, 7) is 3.68. The number of nitrogens with one attached hydrogen (secondary N) is 2. The minimum atomic E-state index is 0.943. The highest BCUT2D eigenvalue weighted by Gasteiger charge is 1.96. The molecule has 7 heavy (non-hydrogen) atoms. The number of hydrogen-bond donors (Lipinski definition) is 2. The molecule has 2 N–H and O–H groups in total. The molecule has 1 saturated heterocycles. The van der Waals surface area contributed by atoms with Crippen molar-refractivity contribution in [3.05, 3.63) is 12.4 Å². The second-order valence-electron chi connectivity index (χ2n) is 1.32. The van der Waals surface area contributed by atoms with E-state index in [1.165, 1.54) is 0 Å². The molecule has 0 aliphatic carbocycles. The molecule has 0 spiro atoms. The van der Waals surface area contributed by atoms with Crippen LogP contribution in [0.2, 0.25) is 0 Å². The zero-order valence-electron chi connectivity index (χ0n) is 4.03. The lowest BCUT2D eigenvalue weighted by atomic mass is 10.8.